The van der Waals surface area contributed by atoms with E-state index in [1.807, 2.05) is 0 Å². The number of rotatable bonds is 5. The van der Waals surface area contributed by atoms with E-state index in [-0.39, 0.29) is 0 Å². The molecule has 1 aliphatic heterocycles. The minimum atomic E-state index is 0.840. The van der Waals surface area contributed by atoms with Crippen molar-refractivity contribution in [3.8, 4) is 0 Å². The van der Waals surface area contributed by atoms with Crippen molar-refractivity contribution in [1.29, 1.82) is 0 Å². The first-order valence-electron chi connectivity index (χ1n) is 6.74. The molecule has 0 radical (unpaired) electrons. The molecule has 3 heteroatoms. The zero-order chi connectivity index (χ0) is 12.1. The largest absolute Gasteiger partial charge is 0.465 e. The molecule has 1 fully saturated rings. The molecular formula is C14H24N2O. The summed E-state index contributed by atoms with van der Waals surface area (Å²) in [6.07, 6.45) is 3.62. The molecule has 96 valence electrons. The Morgan fingerprint density at radius 3 is 2.65 bits per heavy atom. The highest BCUT2D eigenvalue weighted by molar-refractivity contribution is 5.06. The molecule has 1 aromatic heterocycles. The standard InChI is InChI=1S/C14H24N2O/c1-3-13-4-5-14(17-13)11-15-10-12-6-8-16(2)9-7-12/h4-5,12,15H,3,6-11H2,1-2H3. The Morgan fingerprint density at radius 1 is 1.29 bits per heavy atom. The molecule has 0 aliphatic carbocycles. The van der Waals surface area contributed by atoms with Crippen molar-refractivity contribution in [2.24, 2.45) is 5.92 Å². The van der Waals surface area contributed by atoms with E-state index >= 15 is 0 Å². The predicted molar refractivity (Wildman–Crippen MR) is 70.0 cm³/mol. The molecule has 0 aromatic carbocycles. The summed E-state index contributed by atoms with van der Waals surface area (Å²) in [6, 6.07) is 4.16. The lowest BCUT2D eigenvalue weighted by Crippen LogP contribution is -2.34. The minimum absolute atomic E-state index is 0.840. The number of nitrogens with zero attached hydrogens (tertiary/aromatic N) is 1. The minimum Gasteiger partial charge on any atom is -0.465 e. The smallest absolute Gasteiger partial charge is 0.117 e. The van der Waals surface area contributed by atoms with Gasteiger partial charge in [0.1, 0.15) is 11.5 Å². The maximum absolute atomic E-state index is 5.67. The van der Waals surface area contributed by atoms with Crippen LogP contribution in [0.25, 0.3) is 0 Å². The molecule has 2 heterocycles. The quantitative estimate of drug-likeness (QED) is 0.850. The van der Waals surface area contributed by atoms with Gasteiger partial charge >= 0.3 is 0 Å². The summed E-state index contributed by atoms with van der Waals surface area (Å²) in [4.78, 5) is 2.41. The van der Waals surface area contributed by atoms with Crippen LogP contribution in [0.4, 0.5) is 0 Å². The molecular weight excluding hydrogens is 212 g/mol. The van der Waals surface area contributed by atoms with Gasteiger partial charge in [0.05, 0.1) is 6.54 Å². The van der Waals surface area contributed by atoms with Crippen LogP contribution in [-0.4, -0.2) is 31.6 Å². The molecule has 0 amide bonds. The molecule has 0 unspecified atom stereocenters. The highest BCUT2D eigenvalue weighted by Crippen LogP contribution is 2.15. The van der Waals surface area contributed by atoms with Crippen LogP contribution in [0.15, 0.2) is 16.5 Å². The molecule has 17 heavy (non-hydrogen) atoms. The predicted octanol–water partition coefficient (Wildman–Crippen LogP) is 2.27. The summed E-state index contributed by atoms with van der Waals surface area (Å²) < 4.78 is 5.67. The van der Waals surface area contributed by atoms with Gasteiger partial charge in [-0.2, -0.15) is 0 Å². The van der Waals surface area contributed by atoms with Crippen molar-refractivity contribution >= 4 is 0 Å². The number of hydrogen-bond acceptors (Lipinski definition) is 3. The van der Waals surface area contributed by atoms with Gasteiger partial charge in [-0.25, -0.2) is 0 Å². The van der Waals surface area contributed by atoms with Gasteiger partial charge in [0.15, 0.2) is 0 Å². The van der Waals surface area contributed by atoms with Gasteiger partial charge in [-0.15, -0.1) is 0 Å². The van der Waals surface area contributed by atoms with E-state index in [1.54, 1.807) is 0 Å². The maximum atomic E-state index is 5.67. The molecule has 0 atom stereocenters. The van der Waals surface area contributed by atoms with Gasteiger partial charge in [0.25, 0.3) is 0 Å². The van der Waals surface area contributed by atoms with Gasteiger partial charge in [-0.3, -0.25) is 0 Å². The molecule has 1 aromatic rings. The normalized spacial score (nSPS) is 18.7. The fourth-order valence-electron chi connectivity index (χ4n) is 2.37. The van der Waals surface area contributed by atoms with Gasteiger partial charge in [0.2, 0.25) is 0 Å². The molecule has 3 nitrogen and oxygen atoms in total. The molecule has 1 N–H and O–H groups in total. The average molecular weight is 236 g/mol. The zero-order valence-corrected chi connectivity index (χ0v) is 11.0. The van der Waals surface area contributed by atoms with Crippen molar-refractivity contribution < 1.29 is 4.42 Å². The number of aryl methyl sites for hydroxylation is 1. The van der Waals surface area contributed by atoms with Crippen molar-refractivity contribution in [3.63, 3.8) is 0 Å². The fraction of sp³-hybridized carbons (Fsp3) is 0.714. The highest BCUT2D eigenvalue weighted by atomic mass is 16.3. The Labute approximate surface area is 104 Å². The van der Waals surface area contributed by atoms with Crippen molar-refractivity contribution in [1.82, 2.24) is 10.2 Å². The number of piperidine rings is 1. The van der Waals surface area contributed by atoms with E-state index in [0.29, 0.717) is 0 Å². The van der Waals surface area contributed by atoms with E-state index in [0.717, 1.165) is 36.9 Å². The van der Waals surface area contributed by atoms with Crippen LogP contribution in [0.3, 0.4) is 0 Å². The first-order valence-corrected chi connectivity index (χ1v) is 6.74. The summed E-state index contributed by atoms with van der Waals surface area (Å²) in [5.41, 5.74) is 0. The van der Waals surface area contributed by atoms with Crippen LogP contribution in [0, 0.1) is 5.92 Å². The molecule has 0 saturated carbocycles. The van der Waals surface area contributed by atoms with Crippen LogP contribution in [0.1, 0.15) is 31.3 Å². The SMILES string of the molecule is CCc1ccc(CNCC2CCN(C)CC2)o1. The first kappa shape index (κ1) is 12.7. The Morgan fingerprint density at radius 2 is 2.00 bits per heavy atom. The Balaban J connectivity index is 1.65. The number of likely N-dealkylation sites (tertiary alicyclic amines) is 1. The summed E-state index contributed by atoms with van der Waals surface area (Å²) >= 11 is 0. The lowest BCUT2D eigenvalue weighted by molar-refractivity contribution is 0.215. The van der Waals surface area contributed by atoms with Crippen molar-refractivity contribution in [3.05, 3.63) is 23.7 Å². The van der Waals surface area contributed by atoms with Crippen LogP contribution in [0.5, 0.6) is 0 Å². The maximum Gasteiger partial charge on any atom is 0.117 e. The molecule has 2 rings (SSSR count). The van der Waals surface area contributed by atoms with E-state index in [9.17, 15) is 0 Å². The number of nitrogens with one attached hydrogen (secondary N) is 1. The van der Waals surface area contributed by atoms with E-state index < -0.39 is 0 Å². The third kappa shape index (κ3) is 3.86. The van der Waals surface area contributed by atoms with E-state index in [4.69, 9.17) is 4.42 Å². The lowest BCUT2D eigenvalue weighted by atomic mass is 9.97. The molecule has 0 spiro atoms. The topological polar surface area (TPSA) is 28.4 Å². The number of hydrogen-bond donors (Lipinski definition) is 1. The summed E-state index contributed by atoms with van der Waals surface area (Å²) in [7, 11) is 2.21. The number of furan rings is 1. The Hall–Kier alpha value is -0.800. The first-order chi connectivity index (χ1) is 8.28. The summed E-state index contributed by atoms with van der Waals surface area (Å²) in [6.45, 7) is 6.59. The lowest BCUT2D eigenvalue weighted by Gasteiger charge is -2.28. The van der Waals surface area contributed by atoms with Crippen LogP contribution in [-0.2, 0) is 13.0 Å². The average Bonchev–Trinajstić information content (AvgIpc) is 2.80. The fourth-order valence-corrected chi connectivity index (χ4v) is 2.37. The van der Waals surface area contributed by atoms with Gasteiger partial charge < -0.3 is 14.6 Å². The Bertz CT molecular complexity index is 327. The van der Waals surface area contributed by atoms with Gasteiger partial charge in [0, 0.05) is 6.42 Å². The van der Waals surface area contributed by atoms with E-state index in [1.165, 1.54) is 25.9 Å². The van der Waals surface area contributed by atoms with Crippen molar-refractivity contribution in [2.75, 3.05) is 26.7 Å². The van der Waals surface area contributed by atoms with Crippen LogP contribution in [0.2, 0.25) is 0 Å². The summed E-state index contributed by atoms with van der Waals surface area (Å²) in [5.74, 6) is 2.99. The third-order valence-corrected chi connectivity index (χ3v) is 3.64. The van der Waals surface area contributed by atoms with Crippen LogP contribution < -0.4 is 5.32 Å². The second-order valence-electron chi connectivity index (χ2n) is 5.10. The van der Waals surface area contributed by atoms with E-state index in [2.05, 4.69) is 36.3 Å². The molecule has 1 saturated heterocycles. The molecule has 1 aliphatic rings. The molecule has 0 bridgehead atoms. The van der Waals surface area contributed by atoms with Crippen LogP contribution >= 0.6 is 0 Å². The third-order valence-electron chi connectivity index (χ3n) is 3.64. The highest BCUT2D eigenvalue weighted by Gasteiger charge is 2.15. The second kappa shape index (κ2) is 6.22. The monoisotopic (exact) mass is 236 g/mol. The zero-order valence-electron chi connectivity index (χ0n) is 11.0. The summed E-state index contributed by atoms with van der Waals surface area (Å²) in [5, 5.41) is 3.51. The Kier molecular flexibility index (Phi) is 4.63. The van der Waals surface area contributed by atoms with Gasteiger partial charge in [-0.05, 0) is 57.6 Å². The second-order valence-corrected chi connectivity index (χ2v) is 5.10. The van der Waals surface area contributed by atoms with Crippen molar-refractivity contribution in [2.45, 2.75) is 32.7 Å². The van der Waals surface area contributed by atoms with Gasteiger partial charge in [-0.1, -0.05) is 6.92 Å².